The fraction of sp³-hybridized carbons (Fsp3) is 0.462. The van der Waals surface area contributed by atoms with Gasteiger partial charge in [0.15, 0.2) is 11.6 Å². The minimum Gasteiger partial charge on any atom is -0.246 e. The third-order valence-electron chi connectivity index (χ3n) is 3.44. The standard InChI is InChI=1S/C13H16N2O/c1-10-6-2-3-7-11(10)12-14-13(16-15-12)8-4-5-9-13/h2-3,6-7H,4-5,8-9H2,1H3,(H,14,15). The summed E-state index contributed by atoms with van der Waals surface area (Å²) in [6.45, 7) is 2.10. The van der Waals surface area contributed by atoms with Crippen LogP contribution in [0.3, 0.4) is 0 Å². The Hall–Kier alpha value is -1.35. The van der Waals surface area contributed by atoms with Crippen molar-refractivity contribution in [3.05, 3.63) is 35.4 Å². The molecule has 0 radical (unpaired) electrons. The van der Waals surface area contributed by atoms with Gasteiger partial charge in [0.2, 0.25) is 0 Å². The number of hydrogen-bond donors (Lipinski definition) is 1. The summed E-state index contributed by atoms with van der Waals surface area (Å²) in [4.78, 5) is 10.4. The van der Waals surface area contributed by atoms with Gasteiger partial charge in [-0.3, -0.25) is 0 Å². The highest BCUT2D eigenvalue weighted by atomic mass is 16.7. The summed E-state index contributed by atoms with van der Waals surface area (Å²) in [5, 5.41) is 0. The van der Waals surface area contributed by atoms with E-state index in [2.05, 4.69) is 24.5 Å². The third kappa shape index (κ3) is 1.52. The largest absolute Gasteiger partial charge is 0.246 e. The Morgan fingerprint density at radius 1 is 1.25 bits per heavy atom. The normalized spacial score (nSPS) is 22.2. The zero-order chi connectivity index (χ0) is 11.0. The second kappa shape index (κ2) is 3.59. The molecule has 0 saturated heterocycles. The average Bonchev–Trinajstić information content (AvgIpc) is 2.91. The van der Waals surface area contributed by atoms with Crippen LogP contribution in [0.5, 0.6) is 0 Å². The van der Waals surface area contributed by atoms with Crippen LogP contribution in [0.1, 0.15) is 36.8 Å². The highest BCUT2D eigenvalue weighted by Gasteiger charge is 2.40. The van der Waals surface area contributed by atoms with Crippen LogP contribution in [-0.2, 0) is 4.84 Å². The van der Waals surface area contributed by atoms with E-state index in [1.807, 2.05) is 12.1 Å². The zero-order valence-corrected chi connectivity index (χ0v) is 9.49. The first-order valence-electron chi connectivity index (χ1n) is 5.89. The molecule has 3 heteroatoms. The molecule has 84 valence electrons. The van der Waals surface area contributed by atoms with Gasteiger partial charge >= 0.3 is 0 Å². The van der Waals surface area contributed by atoms with Crippen LogP contribution in [0, 0.1) is 6.92 Å². The molecule has 1 aliphatic heterocycles. The van der Waals surface area contributed by atoms with Crippen LogP contribution in [0.25, 0.3) is 0 Å². The first-order chi connectivity index (χ1) is 7.79. The molecule has 0 atom stereocenters. The molecule has 1 saturated carbocycles. The summed E-state index contributed by atoms with van der Waals surface area (Å²) in [5.74, 6) is 0.889. The fourth-order valence-corrected chi connectivity index (χ4v) is 2.49. The molecule has 0 bridgehead atoms. The van der Waals surface area contributed by atoms with E-state index in [1.54, 1.807) is 0 Å². The van der Waals surface area contributed by atoms with E-state index < -0.39 is 0 Å². The van der Waals surface area contributed by atoms with E-state index in [0.29, 0.717) is 0 Å². The SMILES string of the molecule is Cc1ccccc1C1=NC2(CCCC2)ON1. The van der Waals surface area contributed by atoms with Crippen LogP contribution < -0.4 is 5.48 Å². The number of benzene rings is 1. The Labute approximate surface area is 95.5 Å². The predicted molar refractivity (Wildman–Crippen MR) is 63.1 cm³/mol. The highest BCUT2D eigenvalue weighted by Crippen LogP contribution is 2.36. The van der Waals surface area contributed by atoms with Crippen molar-refractivity contribution in [1.29, 1.82) is 0 Å². The van der Waals surface area contributed by atoms with Gasteiger partial charge in [-0.2, -0.15) is 0 Å². The minimum absolute atomic E-state index is 0.266. The van der Waals surface area contributed by atoms with Gasteiger partial charge in [-0.05, 0) is 38.2 Å². The Kier molecular flexibility index (Phi) is 2.21. The Balaban J connectivity index is 1.95. The summed E-state index contributed by atoms with van der Waals surface area (Å²) in [6.07, 6.45) is 4.50. The van der Waals surface area contributed by atoms with Crippen molar-refractivity contribution >= 4 is 5.84 Å². The molecule has 1 aliphatic carbocycles. The molecule has 16 heavy (non-hydrogen) atoms. The zero-order valence-electron chi connectivity index (χ0n) is 9.49. The van der Waals surface area contributed by atoms with E-state index in [9.17, 15) is 0 Å². The van der Waals surface area contributed by atoms with Crippen molar-refractivity contribution in [3.63, 3.8) is 0 Å². The van der Waals surface area contributed by atoms with Gasteiger partial charge in [0.25, 0.3) is 0 Å². The van der Waals surface area contributed by atoms with Crippen LogP contribution in [0.2, 0.25) is 0 Å². The Morgan fingerprint density at radius 3 is 2.75 bits per heavy atom. The van der Waals surface area contributed by atoms with Crippen molar-refractivity contribution in [2.24, 2.45) is 4.99 Å². The van der Waals surface area contributed by atoms with Gasteiger partial charge in [-0.15, -0.1) is 0 Å². The Morgan fingerprint density at radius 2 is 2.00 bits per heavy atom. The smallest absolute Gasteiger partial charge is 0.187 e. The van der Waals surface area contributed by atoms with Gasteiger partial charge in [-0.1, -0.05) is 24.3 Å². The second-order valence-electron chi connectivity index (χ2n) is 4.63. The van der Waals surface area contributed by atoms with Crippen LogP contribution in [0.15, 0.2) is 29.3 Å². The third-order valence-corrected chi connectivity index (χ3v) is 3.44. The van der Waals surface area contributed by atoms with Crippen LogP contribution >= 0.6 is 0 Å². The fourth-order valence-electron chi connectivity index (χ4n) is 2.49. The molecule has 0 amide bonds. The molecule has 3 rings (SSSR count). The van der Waals surface area contributed by atoms with Gasteiger partial charge in [0.1, 0.15) is 0 Å². The van der Waals surface area contributed by atoms with E-state index in [1.165, 1.54) is 18.4 Å². The van der Waals surface area contributed by atoms with Crippen molar-refractivity contribution in [2.45, 2.75) is 38.3 Å². The monoisotopic (exact) mass is 216 g/mol. The molecular weight excluding hydrogens is 200 g/mol. The number of hydrogen-bond acceptors (Lipinski definition) is 3. The molecule has 1 spiro atoms. The van der Waals surface area contributed by atoms with E-state index in [4.69, 9.17) is 9.83 Å². The number of rotatable bonds is 1. The summed E-state index contributed by atoms with van der Waals surface area (Å²) >= 11 is 0. The molecule has 1 N–H and O–H groups in total. The maximum Gasteiger partial charge on any atom is 0.187 e. The lowest BCUT2D eigenvalue weighted by atomic mass is 10.1. The van der Waals surface area contributed by atoms with E-state index in [0.717, 1.165) is 24.2 Å². The Bertz CT molecular complexity index is 433. The van der Waals surface area contributed by atoms with Crippen molar-refractivity contribution in [2.75, 3.05) is 0 Å². The molecule has 0 unspecified atom stereocenters. The number of amidine groups is 1. The van der Waals surface area contributed by atoms with Gasteiger partial charge < -0.3 is 0 Å². The molecule has 1 fully saturated rings. The molecule has 1 heterocycles. The highest BCUT2D eigenvalue weighted by molar-refractivity contribution is 6.00. The first kappa shape index (κ1) is 9.85. The topological polar surface area (TPSA) is 33.6 Å². The molecule has 0 aromatic heterocycles. The quantitative estimate of drug-likeness (QED) is 0.782. The van der Waals surface area contributed by atoms with Gasteiger partial charge in [0.05, 0.1) is 0 Å². The molecule has 2 aliphatic rings. The molecule has 1 aromatic rings. The molecule has 1 aromatic carbocycles. The summed E-state index contributed by atoms with van der Waals surface area (Å²) in [6, 6.07) is 8.25. The van der Waals surface area contributed by atoms with Crippen LogP contribution in [-0.4, -0.2) is 11.6 Å². The van der Waals surface area contributed by atoms with Crippen molar-refractivity contribution < 1.29 is 4.84 Å². The van der Waals surface area contributed by atoms with Gasteiger partial charge in [-0.25, -0.2) is 15.3 Å². The van der Waals surface area contributed by atoms with Crippen LogP contribution in [0.4, 0.5) is 0 Å². The van der Waals surface area contributed by atoms with E-state index >= 15 is 0 Å². The number of nitrogens with one attached hydrogen (secondary N) is 1. The minimum atomic E-state index is -0.266. The van der Waals surface area contributed by atoms with Crippen molar-refractivity contribution in [1.82, 2.24) is 5.48 Å². The summed E-state index contributed by atoms with van der Waals surface area (Å²) in [5.41, 5.74) is 5.10. The number of nitrogens with zero attached hydrogens (tertiary/aromatic N) is 1. The number of hydroxylamine groups is 1. The second-order valence-corrected chi connectivity index (χ2v) is 4.63. The number of aliphatic imine (C=N–C) groups is 1. The average molecular weight is 216 g/mol. The lowest BCUT2D eigenvalue weighted by molar-refractivity contribution is -0.0488. The van der Waals surface area contributed by atoms with E-state index in [-0.39, 0.29) is 5.72 Å². The van der Waals surface area contributed by atoms with Crippen molar-refractivity contribution in [3.8, 4) is 0 Å². The lowest BCUT2D eigenvalue weighted by Gasteiger charge is -2.15. The predicted octanol–water partition coefficient (Wildman–Crippen LogP) is 2.55. The molecule has 3 nitrogen and oxygen atoms in total. The first-order valence-corrected chi connectivity index (χ1v) is 5.89. The maximum absolute atomic E-state index is 5.67. The lowest BCUT2D eigenvalue weighted by Crippen LogP contribution is -2.26. The summed E-state index contributed by atoms with van der Waals surface area (Å²) in [7, 11) is 0. The van der Waals surface area contributed by atoms with Gasteiger partial charge in [0, 0.05) is 5.56 Å². The maximum atomic E-state index is 5.67. The number of aryl methyl sites for hydroxylation is 1. The summed E-state index contributed by atoms with van der Waals surface area (Å²) < 4.78 is 0. The molecular formula is C13H16N2O.